The van der Waals surface area contributed by atoms with Crippen molar-refractivity contribution in [3.05, 3.63) is 45.4 Å². The molecule has 0 saturated heterocycles. The molecule has 1 aromatic carbocycles. The normalized spacial score (nSPS) is 15.9. The number of carbonyl (C=O) groups is 1. The van der Waals surface area contributed by atoms with Crippen molar-refractivity contribution < 1.29 is 23.7 Å². The molecule has 0 saturated carbocycles. The minimum absolute atomic E-state index is 0.0388. The lowest BCUT2D eigenvalue weighted by Gasteiger charge is -2.27. The van der Waals surface area contributed by atoms with Gasteiger partial charge in [-0.2, -0.15) is 0 Å². The maximum absolute atomic E-state index is 12.9. The summed E-state index contributed by atoms with van der Waals surface area (Å²) in [5, 5.41) is 0. The van der Waals surface area contributed by atoms with Gasteiger partial charge in [0.25, 0.3) is 5.56 Å². The topological polar surface area (TPSA) is 76.0 Å². The minimum atomic E-state index is -0.500. The monoisotopic (exact) mass is 359 g/mol. The summed E-state index contributed by atoms with van der Waals surface area (Å²) >= 11 is 0. The summed E-state index contributed by atoms with van der Waals surface area (Å²) in [6.45, 7) is 1.79. The Balaban J connectivity index is 2.28. The number of fused-ring (bicyclic) bond motifs is 1. The van der Waals surface area contributed by atoms with E-state index in [0.29, 0.717) is 39.8 Å². The number of ether oxygens (including phenoxy) is 4. The number of hydrogen-bond donors (Lipinski definition) is 0. The molecule has 7 heteroatoms. The smallest absolute Gasteiger partial charge is 0.312 e. The number of pyridine rings is 1. The number of methoxy groups -OCH3 is 3. The Labute approximate surface area is 151 Å². The van der Waals surface area contributed by atoms with Gasteiger partial charge in [-0.3, -0.25) is 9.59 Å². The average molecular weight is 359 g/mol. The number of nitrogens with zero attached hydrogens (tertiary/aromatic N) is 1. The number of carbonyl (C=O) groups excluding carboxylic acids is 1. The maximum Gasteiger partial charge on any atom is 0.312 e. The van der Waals surface area contributed by atoms with Gasteiger partial charge in [0.15, 0.2) is 11.5 Å². The highest BCUT2D eigenvalue weighted by Crippen LogP contribution is 2.44. The van der Waals surface area contributed by atoms with Gasteiger partial charge in [-0.1, -0.05) is 0 Å². The summed E-state index contributed by atoms with van der Waals surface area (Å²) in [5.74, 6) is 0.906. The van der Waals surface area contributed by atoms with E-state index in [1.54, 1.807) is 32.2 Å². The van der Waals surface area contributed by atoms with Crippen LogP contribution in [0.5, 0.6) is 23.0 Å². The number of esters is 1. The zero-order valence-electron chi connectivity index (χ0n) is 15.4. The molecule has 7 nitrogen and oxygen atoms in total. The Morgan fingerprint density at radius 3 is 2.23 bits per heavy atom. The van der Waals surface area contributed by atoms with E-state index in [4.69, 9.17) is 18.9 Å². The van der Waals surface area contributed by atoms with Crippen LogP contribution >= 0.6 is 0 Å². The minimum Gasteiger partial charge on any atom is -0.496 e. The molecule has 2 aromatic rings. The number of hydrogen-bond acceptors (Lipinski definition) is 6. The zero-order valence-corrected chi connectivity index (χ0v) is 15.4. The van der Waals surface area contributed by atoms with E-state index >= 15 is 0 Å². The van der Waals surface area contributed by atoms with Crippen LogP contribution in [0.3, 0.4) is 0 Å². The van der Waals surface area contributed by atoms with Crippen molar-refractivity contribution in [2.24, 2.45) is 7.05 Å². The molecule has 0 N–H and O–H groups in total. The van der Waals surface area contributed by atoms with Crippen LogP contribution in [0, 0.1) is 6.92 Å². The summed E-state index contributed by atoms with van der Waals surface area (Å²) in [7, 11) is 6.28. The fraction of sp³-hybridized carbons (Fsp3) is 0.368. The van der Waals surface area contributed by atoms with Crippen LogP contribution in [0.1, 0.15) is 29.2 Å². The predicted octanol–water partition coefficient (Wildman–Crippen LogP) is 2.16. The molecule has 1 atom stereocenters. The molecule has 0 aliphatic carbocycles. The fourth-order valence-corrected chi connectivity index (χ4v) is 3.24. The highest BCUT2D eigenvalue weighted by Gasteiger charge is 2.34. The van der Waals surface area contributed by atoms with Crippen molar-refractivity contribution in [2.75, 3.05) is 21.3 Å². The van der Waals surface area contributed by atoms with E-state index in [0.717, 1.165) is 0 Å². The second-order valence-corrected chi connectivity index (χ2v) is 6.11. The third-order valence-electron chi connectivity index (χ3n) is 4.72. The van der Waals surface area contributed by atoms with Crippen molar-refractivity contribution in [1.82, 2.24) is 4.57 Å². The fourth-order valence-electron chi connectivity index (χ4n) is 3.24. The lowest BCUT2D eigenvalue weighted by atomic mass is 9.86. The van der Waals surface area contributed by atoms with Crippen molar-refractivity contribution >= 4 is 5.97 Å². The summed E-state index contributed by atoms with van der Waals surface area (Å²) < 4.78 is 23.0. The highest BCUT2D eigenvalue weighted by atomic mass is 16.5. The van der Waals surface area contributed by atoms with Crippen LogP contribution in [0.15, 0.2) is 23.0 Å². The first-order valence-corrected chi connectivity index (χ1v) is 8.12. The SMILES string of the molecule is COc1cc(OC)c([C@H]2CC(=O)Oc3cc(C)n(C)c(=O)c32)cc1OC. The van der Waals surface area contributed by atoms with E-state index in [1.165, 1.54) is 25.9 Å². The van der Waals surface area contributed by atoms with Crippen LogP contribution < -0.4 is 24.5 Å². The van der Waals surface area contributed by atoms with Gasteiger partial charge >= 0.3 is 5.97 Å². The molecule has 2 heterocycles. The Kier molecular flexibility index (Phi) is 4.63. The third kappa shape index (κ3) is 2.79. The molecule has 1 aliphatic rings. The van der Waals surface area contributed by atoms with Crippen LogP contribution in [0.4, 0.5) is 0 Å². The zero-order chi connectivity index (χ0) is 19.0. The molecule has 138 valence electrons. The Morgan fingerprint density at radius 1 is 1.00 bits per heavy atom. The first-order chi connectivity index (χ1) is 12.4. The van der Waals surface area contributed by atoms with Gasteiger partial charge in [-0.15, -0.1) is 0 Å². The van der Waals surface area contributed by atoms with Gasteiger partial charge in [-0.25, -0.2) is 0 Å². The molecule has 0 amide bonds. The molecular weight excluding hydrogens is 338 g/mol. The van der Waals surface area contributed by atoms with Crippen LogP contribution in [-0.4, -0.2) is 31.9 Å². The van der Waals surface area contributed by atoms with Crippen LogP contribution in [-0.2, 0) is 11.8 Å². The van der Waals surface area contributed by atoms with Gasteiger partial charge < -0.3 is 23.5 Å². The van der Waals surface area contributed by atoms with Crippen LogP contribution in [0.2, 0.25) is 0 Å². The summed E-state index contributed by atoms with van der Waals surface area (Å²) in [4.78, 5) is 25.0. The summed E-state index contributed by atoms with van der Waals surface area (Å²) in [6, 6.07) is 5.13. The Bertz CT molecular complexity index is 931. The molecule has 0 bridgehead atoms. The lowest BCUT2D eigenvalue weighted by Crippen LogP contribution is -2.32. The van der Waals surface area contributed by atoms with Gasteiger partial charge in [0.2, 0.25) is 0 Å². The maximum atomic E-state index is 12.9. The van der Waals surface area contributed by atoms with Crippen molar-refractivity contribution in [3.8, 4) is 23.0 Å². The highest BCUT2D eigenvalue weighted by molar-refractivity contribution is 5.78. The van der Waals surface area contributed by atoms with Gasteiger partial charge in [0.1, 0.15) is 11.5 Å². The molecule has 1 aliphatic heterocycles. The van der Waals surface area contributed by atoms with Crippen molar-refractivity contribution in [1.29, 1.82) is 0 Å². The molecule has 26 heavy (non-hydrogen) atoms. The largest absolute Gasteiger partial charge is 0.496 e. The molecule has 1 aromatic heterocycles. The van der Waals surface area contributed by atoms with Crippen molar-refractivity contribution in [3.63, 3.8) is 0 Å². The quantitative estimate of drug-likeness (QED) is 0.779. The van der Waals surface area contributed by atoms with E-state index in [2.05, 4.69) is 0 Å². The molecule has 0 fully saturated rings. The molecule has 0 radical (unpaired) electrons. The van der Waals surface area contributed by atoms with Gasteiger partial charge in [0, 0.05) is 36.4 Å². The van der Waals surface area contributed by atoms with Gasteiger partial charge in [-0.05, 0) is 13.0 Å². The lowest BCUT2D eigenvalue weighted by molar-refractivity contribution is -0.135. The number of aromatic nitrogens is 1. The summed E-state index contributed by atoms with van der Waals surface area (Å²) in [5.41, 5.74) is 1.61. The first-order valence-electron chi connectivity index (χ1n) is 8.12. The molecular formula is C19H21NO6. The Hall–Kier alpha value is -2.96. The predicted molar refractivity (Wildman–Crippen MR) is 94.6 cm³/mol. The van der Waals surface area contributed by atoms with E-state index in [1.807, 2.05) is 0 Å². The third-order valence-corrected chi connectivity index (χ3v) is 4.72. The van der Waals surface area contributed by atoms with Crippen molar-refractivity contribution in [2.45, 2.75) is 19.3 Å². The Morgan fingerprint density at radius 2 is 1.62 bits per heavy atom. The van der Waals surface area contributed by atoms with E-state index in [9.17, 15) is 9.59 Å². The number of rotatable bonds is 4. The van der Waals surface area contributed by atoms with Gasteiger partial charge in [0.05, 0.1) is 33.3 Å². The number of aryl methyl sites for hydroxylation is 1. The molecule has 0 spiro atoms. The first kappa shape index (κ1) is 17.8. The molecule has 3 rings (SSSR count). The second-order valence-electron chi connectivity index (χ2n) is 6.11. The second kappa shape index (κ2) is 6.74. The standard InChI is InChI=1S/C19H21NO6/c1-10-6-16-18(19(22)20(10)2)12(8-17(21)26-16)11-7-14(24-4)15(25-5)9-13(11)23-3/h6-7,9,12H,8H2,1-5H3/t12-/m1/s1. The number of benzene rings is 1. The summed E-state index contributed by atoms with van der Waals surface area (Å²) in [6.07, 6.45) is 0.0388. The average Bonchev–Trinajstić information content (AvgIpc) is 2.64. The van der Waals surface area contributed by atoms with E-state index < -0.39 is 11.9 Å². The van der Waals surface area contributed by atoms with E-state index in [-0.39, 0.29) is 12.0 Å². The van der Waals surface area contributed by atoms with Crippen LogP contribution in [0.25, 0.3) is 0 Å². The molecule has 0 unspecified atom stereocenters.